The van der Waals surface area contributed by atoms with Crippen LogP contribution in [-0.4, -0.2) is 25.5 Å². The van der Waals surface area contributed by atoms with Crippen molar-refractivity contribution in [2.75, 3.05) is 23.9 Å². The topological polar surface area (TPSA) is 58.6 Å². The van der Waals surface area contributed by atoms with Crippen molar-refractivity contribution in [3.8, 4) is 16.2 Å². The van der Waals surface area contributed by atoms with Crippen molar-refractivity contribution >= 4 is 34.5 Å². The lowest BCUT2D eigenvalue weighted by atomic mass is 10.2. The van der Waals surface area contributed by atoms with E-state index in [4.69, 9.17) is 4.74 Å². The first-order valence-electron chi connectivity index (χ1n) is 9.21. The van der Waals surface area contributed by atoms with E-state index in [-0.39, 0.29) is 17.6 Å². The average Bonchev–Trinajstić information content (AvgIpc) is 3.37. The van der Waals surface area contributed by atoms with Gasteiger partial charge in [-0.3, -0.25) is 9.59 Å². The molecular formula is C22H19FN2O3S. The second kappa shape index (κ2) is 8.05. The van der Waals surface area contributed by atoms with Crippen LogP contribution in [0.5, 0.6) is 5.75 Å². The molecule has 0 spiro atoms. The maximum atomic E-state index is 14.0. The van der Waals surface area contributed by atoms with E-state index in [0.29, 0.717) is 45.4 Å². The van der Waals surface area contributed by atoms with Gasteiger partial charge in [-0.1, -0.05) is 18.2 Å². The van der Waals surface area contributed by atoms with Gasteiger partial charge in [0.25, 0.3) is 5.91 Å². The minimum atomic E-state index is -0.323. The van der Waals surface area contributed by atoms with E-state index < -0.39 is 0 Å². The zero-order chi connectivity index (χ0) is 20.4. The van der Waals surface area contributed by atoms with E-state index in [1.165, 1.54) is 17.4 Å². The SMILES string of the molecule is COc1ccc(NC(=O)c2ccc(-c3ccccc3F)s2)cc1N1CCCC1=O. The Morgan fingerprint density at radius 2 is 2.00 bits per heavy atom. The monoisotopic (exact) mass is 410 g/mol. The fourth-order valence-corrected chi connectivity index (χ4v) is 4.27. The number of rotatable bonds is 5. The van der Waals surface area contributed by atoms with E-state index in [1.807, 2.05) is 0 Å². The summed E-state index contributed by atoms with van der Waals surface area (Å²) in [7, 11) is 1.55. The fourth-order valence-electron chi connectivity index (χ4n) is 3.34. The molecule has 1 saturated heterocycles. The molecule has 1 aliphatic heterocycles. The highest BCUT2D eigenvalue weighted by Crippen LogP contribution is 2.35. The highest BCUT2D eigenvalue weighted by molar-refractivity contribution is 7.17. The van der Waals surface area contributed by atoms with Crippen molar-refractivity contribution < 1.29 is 18.7 Å². The number of anilines is 2. The van der Waals surface area contributed by atoms with Crippen LogP contribution in [0.2, 0.25) is 0 Å². The number of halogens is 1. The molecule has 0 aliphatic carbocycles. The van der Waals surface area contributed by atoms with Gasteiger partial charge in [0.05, 0.1) is 17.7 Å². The predicted molar refractivity (Wildman–Crippen MR) is 112 cm³/mol. The summed E-state index contributed by atoms with van der Waals surface area (Å²) >= 11 is 1.22. The van der Waals surface area contributed by atoms with Crippen molar-refractivity contribution in [3.63, 3.8) is 0 Å². The summed E-state index contributed by atoms with van der Waals surface area (Å²) in [5, 5.41) is 2.85. The van der Waals surface area contributed by atoms with Crippen LogP contribution >= 0.6 is 11.3 Å². The maximum Gasteiger partial charge on any atom is 0.265 e. The van der Waals surface area contributed by atoms with Crippen molar-refractivity contribution in [3.05, 3.63) is 65.3 Å². The Hall–Kier alpha value is -3.19. The molecule has 1 aliphatic rings. The van der Waals surface area contributed by atoms with Gasteiger partial charge in [-0.25, -0.2) is 4.39 Å². The minimum Gasteiger partial charge on any atom is -0.495 e. The fraction of sp³-hybridized carbons (Fsp3) is 0.182. The molecule has 2 aromatic carbocycles. The number of methoxy groups -OCH3 is 1. The van der Waals surface area contributed by atoms with Crippen LogP contribution in [0.15, 0.2) is 54.6 Å². The van der Waals surface area contributed by atoms with Gasteiger partial charge < -0.3 is 15.0 Å². The molecule has 0 saturated carbocycles. The quantitative estimate of drug-likeness (QED) is 0.648. The Morgan fingerprint density at radius 3 is 2.72 bits per heavy atom. The summed E-state index contributed by atoms with van der Waals surface area (Å²) in [6.45, 7) is 0.628. The Labute approximate surface area is 171 Å². The van der Waals surface area contributed by atoms with Crippen LogP contribution in [0.1, 0.15) is 22.5 Å². The molecule has 2 heterocycles. The molecule has 0 bridgehead atoms. The highest BCUT2D eigenvalue weighted by Gasteiger charge is 2.25. The van der Waals surface area contributed by atoms with E-state index in [1.54, 1.807) is 60.5 Å². The number of nitrogens with one attached hydrogen (secondary N) is 1. The molecule has 0 radical (unpaired) electrons. The van der Waals surface area contributed by atoms with Crippen molar-refractivity contribution in [1.82, 2.24) is 0 Å². The molecule has 0 unspecified atom stereocenters. The zero-order valence-electron chi connectivity index (χ0n) is 15.8. The van der Waals surface area contributed by atoms with E-state index in [9.17, 15) is 14.0 Å². The molecule has 1 aromatic heterocycles. The summed E-state index contributed by atoms with van der Waals surface area (Å²) in [5.74, 6) is 0.00798. The first kappa shape index (κ1) is 19.1. The number of ether oxygens (including phenoxy) is 1. The predicted octanol–water partition coefficient (Wildman–Crippen LogP) is 4.94. The number of nitrogens with zero attached hydrogens (tertiary/aromatic N) is 1. The number of hydrogen-bond acceptors (Lipinski definition) is 4. The molecule has 1 fully saturated rings. The van der Waals surface area contributed by atoms with Crippen molar-refractivity contribution in [2.24, 2.45) is 0 Å². The van der Waals surface area contributed by atoms with Gasteiger partial charge in [0.15, 0.2) is 0 Å². The first-order chi connectivity index (χ1) is 14.1. The number of carbonyl (C=O) groups excluding carboxylic acids is 2. The van der Waals surface area contributed by atoms with Crippen molar-refractivity contribution in [2.45, 2.75) is 12.8 Å². The largest absolute Gasteiger partial charge is 0.495 e. The Morgan fingerprint density at radius 1 is 1.17 bits per heavy atom. The second-order valence-electron chi connectivity index (χ2n) is 6.63. The number of thiophene rings is 1. The number of benzene rings is 2. The molecule has 1 N–H and O–H groups in total. The molecule has 2 amide bonds. The highest BCUT2D eigenvalue weighted by atomic mass is 32.1. The lowest BCUT2D eigenvalue weighted by molar-refractivity contribution is -0.117. The summed E-state index contributed by atoms with van der Waals surface area (Å²) in [5.41, 5.74) is 1.67. The van der Waals surface area contributed by atoms with Gasteiger partial charge in [0.1, 0.15) is 11.6 Å². The van der Waals surface area contributed by atoms with Gasteiger partial charge in [-0.15, -0.1) is 11.3 Å². The molecular weight excluding hydrogens is 391 g/mol. The molecule has 0 atom stereocenters. The van der Waals surface area contributed by atoms with Gasteiger partial charge >= 0.3 is 0 Å². The molecule has 148 valence electrons. The van der Waals surface area contributed by atoms with Crippen LogP contribution in [0.25, 0.3) is 10.4 Å². The lowest BCUT2D eigenvalue weighted by Gasteiger charge is -2.20. The van der Waals surface area contributed by atoms with Gasteiger partial charge in [-0.05, 0) is 42.8 Å². The average molecular weight is 410 g/mol. The zero-order valence-corrected chi connectivity index (χ0v) is 16.6. The van der Waals surface area contributed by atoms with E-state index in [0.717, 1.165) is 6.42 Å². The minimum absolute atomic E-state index is 0.0413. The summed E-state index contributed by atoms with van der Waals surface area (Å²) in [4.78, 5) is 27.6. The van der Waals surface area contributed by atoms with Crippen LogP contribution in [-0.2, 0) is 4.79 Å². The number of hydrogen-bond donors (Lipinski definition) is 1. The summed E-state index contributed by atoms with van der Waals surface area (Å²) in [6.07, 6.45) is 1.31. The maximum absolute atomic E-state index is 14.0. The van der Waals surface area contributed by atoms with E-state index in [2.05, 4.69) is 5.32 Å². The van der Waals surface area contributed by atoms with Crippen LogP contribution in [0.3, 0.4) is 0 Å². The van der Waals surface area contributed by atoms with Gasteiger partial charge in [0, 0.05) is 29.1 Å². The third kappa shape index (κ3) is 3.86. The van der Waals surface area contributed by atoms with E-state index >= 15 is 0 Å². The Kier molecular flexibility index (Phi) is 5.31. The third-order valence-corrected chi connectivity index (χ3v) is 5.89. The molecule has 3 aromatic rings. The van der Waals surface area contributed by atoms with Crippen LogP contribution < -0.4 is 15.0 Å². The van der Waals surface area contributed by atoms with Crippen molar-refractivity contribution in [1.29, 1.82) is 0 Å². The molecule has 4 rings (SSSR count). The van der Waals surface area contributed by atoms with Gasteiger partial charge in [0.2, 0.25) is 5.91 Å². The summed E-state index contributed by atoms with van der Waals surface area (Å²) in [6, 6.07) is 15.1. The molecule has 29 heavy (non-hydrogen) atoms. The van der Waals surface area contributed by atoms with Gasteiger partial charge in [-0.2, -0.15) is 0 Å². The van der Waals surface area contributed by atoms with Crippen LogP contribution in [0.4, 0.5) is 15.8 Å². The smallest absolute Gasteiger partial charge is 0.265 e. The third-order valence-electron chi connectivity index (χ3n) is 4.77. The first-order valence-corrected chi connectivity index (χ1v) is 10.0. The summed E-state index contributed by atoms with van der Waals surface area (Å²) < 4.78 is 19.4. The second-order valence-corrected chi connectivity index (χ2v) is 7.72. The standard InChI is InChI=1S/C22H19FN2O3S/c1-28-18-9-8-14(13-17(18)25-12-4-7-21(25)26)24-22(27)20-11-10-19(29-20)15-5-2-3-6-16(15)23/h2-3,5-6,8-11,13H,4,7,12H2,1H3,(H,24,27). The molecule has 7 heteroatoms. The molecule has 5 nitrogen and oxygen atoms in total. The number of carbonyl (C=O) groups is 2. The lowest BCUT2D eigenvalue weighted by Crippen LogP contribution is -2.24. The van der Waals surface area contributed by atoms with Crippen LogP contribution in [0, 0.1) is 5.82 Å². The number of amides is 2. The Bertz CT molecular complexity index is 1080. The Balaban J connectivity index is 1.56. The normalized spacial score (nSPS) is 13.6.